The number of benzene rings is 1. The topological polar surface area (TPSA) is 107 Å². The number of rotatable bonds is 9. The third-order valence-corrected chi connectivity index (χ3v) is 5.57. The van der Waals surface area contributed by atoms with E-state index in [2.05, 4.69) is 24.9 Å². The zero-order valence-corrected chi connectivity index (χ0v) is 20.7. The van der Waals surface area contributed by atoms with Gasteiger partial charge in [0.25, 0.3) is 0 Å². The minimum Gasteiger partial charge on any atom is -0.494 e. The van der Waals surface area contributed by atoms with E-state index < -0.39 is 0 Å². The smallest absolute Gasteiger partial charge is 0.239 e. The second-order valence-corrected chi connectivity index (χ2v) is 8.01. The Hall–Kier alpha value is -3.70. The van der Waals surface area contributed by atoms with Gasteiger partial charge in [0, 0.05) is 42.9 Å². The molecule has 35 heavy (non-hydrogen) atoms. The molecule has 0 aliphatic heterocycles. The molecule has 0 atom stereocenters. The van der Waals surface area contributed by atoms with E-state index in [0.717, 1.165) is 23.9 Å². The molecule has 4 aromatic rings. The van der Waals surface area contributed by atoms with Crippen molar-refractivity contribution in [1.29, 1.82) is 0 Å². The standard InChI is InChI=1S/C23H23FN6O2S.CH4O/c1-15-11-16(13-25-12-15)22-27-28-23(29-33-10-9-18-8-7-17(24)14-26-18)30(22)21-19(31-2)5-4-6-20(21)32-3;1-2/h4-8,11-14H,9-10H2,1-3H3,(H,28,29);2H,1H3. The molecule has 184 valence electrons. The Kier molecular flexibility index (Phi) is 9.39. The van der Waals surface area contributed by atoms with Crippen LogP contribution in [-0.2, 0) is 6.42 Å². The number of pyridine rings is 2. The van der Waals surface area contributed by atoms with Crippen molar-refractivity contribution in [3.05, 3.63) is 72.1 Å². The molecular weight excluding hydrogens is 471 g/mol. The van der Waals surface area contributed by atoms with Crippen molar-refractivity contribution in [2.75, 3.05) is 31.8 Å². The molecule has 4 rings (SSSR count). The zero-order valence-electron chi connectivity index (χ0n) is 19.9. The Bertz CT molecular complexity index is 1210. The molecule has 0 radical (unpaired) electrons. The average molecular weight is 499 g/mol. The van der Waals surface area contributed by atoms with Crippen LogP contribution in [-0.4, -0.2) is 56.9 Å². The monoisotopic (exact) mass is 498 g/mol. The minimum absolute atomic E-state index is 0.346. The third-order valence-electron chi connectivity index (χ3n) is 4.83. The number of nitrogens with zero attached hydrogens (tertiary/aromatic N) is 5. The van der Waals surface area contributed by atoms with E-state index >= 15 is 0 Å². The molecule has 11 heteroatoms. The molecule has 1 aromatic carbocycles. The maximum Gasteiger partial charge on any atom is 0.239 e. The largest absolute Gasteiger partial charge is 0.494 e. The van der Waals surface area contributed by atoms with Crippen LogP contribution in [0.5, 0.6) is 11.5 Å². The molecule has 0 amide bonds. The highest BCUT2D eigenvalue weighted by molar-refractivity contribution is 8.00. The fourth-order valence-corrected chi connectivity index (χ4v) is 3.98. The number of aliphatic hydroxyl groups is 1. The first-order valence-electron chi connectivity index (χ1n) is 10.6. The lowest BCUT2D eigenvalue weighted by atomic mass is 10.2. The van der Waals surface area contributed by atoms with Crippen molar-refractivity contribution < 1.29 is 19.0 Å². The van der Waals surface area contributed by atoms with Gasteiger partial charge in [-0.1, -0.05) is 6.07 Å². The summed E-state index contributed by atoms with van der Waals surface area (Å²) in [4.78, 5) is 8.40. The van der Waals surface area contributed by atoms with Crippen molar-refractivity contribution in [1.82, 2.24) is 24.7 Å². The summed E-state index contributed by atoms with van der Waals surface area (Å²) in [6.07, 6.45) is 5.41. The second-order valence-electron chi connectivity index (χ2n) is 7.11. The van der Waals surface area contributed by atoms with Gasteiger partial charge in [-0.2, -0.15) is 0 Å². The van der Waals surface area contributed by atoms with Crippen LogP contribution in [0.4, 0.5) is 10.3 Å². The maximum atomic E-state index is 13.1. The van der Waals surface area contributed by atoms with Crippen LogP contribution in [0.1, 0.15) is 11.3 Å². The Labute approximate surface area is 207 Å². The molecule has 0 aliphatic rings. The first-order chi connectivity index (χ1) is 17.1. The van der Waals surface area contributed by atoms with Crippen molar-refractivity contribution in [3.8, 4) is 28.6 Å². The lowest BCUT2D eigenvalue weighted by Crippen LogP contribution is -2.07. The highest BCUT2D eigenvalue weighted by Crippen LogP contribution is 2.37. The highest BCUT2D eigenvalue weighted by Gasteiger charge is 2.22. The molecule has 0 unspecified atom stereocenters. The van der Waals surface area contributed by atoms with E-state index in [-0.39, 0.29) is 5.82 Å². The SMILES string of the molecule is CO.COc1cccc(OC)c1-n1c(NSCCc2ccc(F)cn2)nnc1-c1cncc(C)c1. The van der Waals surface area contributed by atoms with Crippen LogP contribution in [0.2, 0.25) is 0 Å². The van der Waals surface area contributed by atoms with Crippen LogP contribution >= 0.6 is 11.9 Å². The number of ether oxygens (including phenoxy) is 2. The molecular formula is C24H27FN6O3S. The molecule has 0 saturated heterocycles. The van der Waals surface area contributed by atoms with Crippen LogP contribution in [0, 0.1) is 12.7 Å². The van der Waals surface area contributed by atoms with Gasteiger partial charge in [-0.3, -0.25) is 19.3 Å². The van der Waals surface area contributed by atoms with Gasteiger partial charge in [0.2, 0.25) is 5.95 Å². The summed E-state index contributed by atoms with van der Waals surface area (Å²) in [5.41, 5.74) is 3.30. The Morgan fingerprint density at radius 3 is 2.40 bits per heavy atom. The normalized spacial score (nSPS) is 10.3. The van der Waals surface area contributed by atoms with Crippen molar-refractivity contribution in [2.45, 2.75) is 13.3 Å². The molecule has 9 nitrogen and oxygen atoms in total. The number of aliphatic hydroxyl groups excluding tert-OH is 1. The average Bonchev–Trinajstić information content (AvgIpc) is 3.31. The molecule has 3 aromatic heterocycles. The zero-order chi connectivity index (χ0) is 25.2. The number of methoxy groups -OCH3 is 2. The lowest BCUT2D eigenvalue weighted by molar-refractivity contribution is 0.391. The summed E-state index contributed by atoms with van der Waals surface area (Å²) in [6, 6.07) is 10.7. The molecule has 2 N–H and O–H groups in total. The van der Waals surface area contributed by atoms with Gasteiger partial charge in [0.15, 0.2) is 5.82 Å². The van der Waals surface area contributed by atoms with E-state index in [4.69, 9.17) is 14.6 Å². The van der Waals surface area contributed by atoms with Crippen molar-refractivity contribution >= 4 is 17.9 Å². The summed E-state index contributed by atoms with van der Waals surface area (Å²) in [7, 11) is 4.21. The number of aryl methyl sites for hydroxylation is 2. The number of anilines is 1. The van der Waals surface area contributed by atoms with Crippen LogP contribution in [0.15, 0.2) is 55.0 Å². The number of aromatic nitrogens is 5. The second kappa shape index (κ2) is 12.7. The van der Waals surface area contributed by atoms with Crippen molar-refractivity contribution in [3.63, 3.8) is 0 Å². The Balaban J connectivity index is 0.00000167. The van der Waals surface area contributed by atoms with E-state index in [1.165, 1.54) is 24.2 Å². The summed E-state index contributed by atoms with van der Waals surface area (Å²) in [5, 5.41) is 15.8. The summed E-state index contributed by atoms with van der Waals surface area (Å²) in [5.74, 6) is 2.67. The number of nitrogens with one attached hydrogen (secondary N) is 1. The van der Waals surface area contributed by atoms with Gasteiger partial charge in [-0.25, -0.2) is 4.39 Å². The molecule has 0 bridgehead atoms. The van der Waals surface area contributed by atoms with E-state index in [1.54, 1.807) is 32.7 Å². The Morgan fingerprint density at radius 1 is 1.03 bits per heavy atom. The van der Waals surface area contributed by atoms with Gasteiger partial charge in [0.1, 0.15) is 23.0 Å². The van der Waals surface area contributed by atoms with Crippen LogP contribution in [0.25, 0.3) is 17.1 Å². The minimum atomic E-state index is -0.346. The predicted octanol–water partition coefficient (Wildman–Crippen LogP) is 4.10. The molecule has 0 spiro atoms. The first kappa shape index (κ1) is 25.9. The van der Waals surface area contributed by atoms with Crippen LogP contribution < -0.4 is 14.2 Å². The summed E-state index contributed by atoms with van der Waals surface area (Å²) >= 11 is 1.45. The van der Waals surface area contributed by atoms with Crippen molar-refractivity contribution in [2.24, 2.45) is 0 Å². The van der Waals surface area contributed by atoms with Gasteiger partial charge in [-0.15, -0.1) is 10.2 Å². The Morgan fingerprint density at radius 2 is 1.77 bits per heavy atom. The number of hydrogen-bond acceptors (Lipinski definition) is 9. The summed E-state index contributed by atoms with van der Waals surface area (Å²) < 4.78 is 29.5. The van der Waals surface area contributed by atoms with Crippen LogP contribution in [0.3, 0.4) is 0 Å². The maximum absolute atomic E-state index is 13.1. The lowest BCUT2D eigenvalue weighted by Gasteiger charge is -2.17. The van der Waals surface area contributed by atoms with E-state index in [1.807, 2.05) is 35.8 Å². The van der Waals surface area contributed by atoms with Gasteiger partial charge in [-0.05, 0) is 54.8 Å². The summed E-state index contributed by atoms with van der Waals surface area (Å²) in [6.45, 7) is 1.97. The highest BCUT2D eigenvalue weighted by atomic mass is 32.2. The van der Waals surface area contributed by atoms with Gasteiger partial charge in [0.05, 0.1) is 20.4 Å². The van der Waals surface area contributed by atoms with Gasteiger partial charge < -0.3 is 14.6 Å². The number of halogens is 1. The molecule has 0 aliphatic carbocycles. The van der Waals surface area contributed by atoms with Gasteiger partial charge >= 0.3 is 0 Å². The third kappa shape index (κ3) is 6.25. The fraction of sp³-hybridized carbons (Fsp3) is 0.250. The first-order valence-corrected chi connectivity index (χ1v) is 11.6. The van der Waals surface area contributed by atoms with E-state index in [9.17, 15) is 4.39 Å². The molecule has 0 saturated carbocycles. The number of hydrogen-bond donors (Lipinski definition) is 2. The quantitative estimate of drug-likeness (QED) is 0.260. The van der Waals surface area contributed by atoms with E-state index in [0.29, 0.717) is 41.1 Å². The predicted molar refractivity (Wildman–Crippen MR) is 135 cm³/mol. The molecule has 3 heterocycles. The molecule has 0 fully saturated rings. The number of para-hydroxylation sites is 1. The fourth-order valence-electron chi connectivity index (χ4n) is 3.30.